The summed E-state index contributed by atoms with van der Waals surface area (Å²) in [7, 11) is 3.95. The van der Waals surface area contributed by atoms with Crippen molar-refractivity contribution in [1.82, 2.24) is 9.97 Å². The molecule has 0 amide bonds. The normalized spacial score (nSPS) is 11.4. The van der Waals surface area contributed by atoms with Gasteiger partial charge in [-0.15, -0.1) is 0 Å². The fourth-order valence-corrected chi connectivity index (χ4v) is 2.49. The molecule has 0 unspecified atom stereocenters. The molecule has 2 rings (SSSR count). The summed E-state index contributed by atoms with van der Waals surface area (Å²) < 4.78 is 0. The van der Waals surface area contributed by atoms with Crippen LogP contribution in [0.3, 0.4) is 0 Å². The Hall–Kier alpha value is -1.62. The third kappa shape index (κ3) is 3.48. The van der Waals surface area contributed by atoms with Crippen molar-refractivity contribution >= 4 is 23.0 Å². The van der Waals surface area contributed by atoms with Crippen LogP contribution < -0.4 is 10.2 Å². The van der Waals surface area contributed by atoms with Gasteiger partial charge in [0.1, 0.15) is 17.5 Å². The first-order chi connectivity index (χ1) is 9.40. The zero-order valence-corrected chi connectivity index (χ0v) is 13.6. The van der Waals surface area contributed by atoms with Gasteiger partial charge in [-0.1, -0.05) is 20.8 Å². The summed E-state index contributed by atoms with van der Waals surface area (Å²) in [6, 6.07) is 4.13. The Labute approximate surface area is 124 Å². The highest BCUT2D eigenvalue weighted by molar-refractivity contribution is 7.07. The molecule has 2 aromatic rings. The molecule has 0 aliphatic heterocycles. The number of anilines is 2. The van der Waals surface area contributed by atoms with Crippen molar-refractivity contribution < 1.29 is 0 Å². The maximum atomic E-state index is 4.71. The Kier molecular flexibility index (Phi) is 4.28. The topological polar surface area (TPSA) is 41.0 Å². The van der Waals surface area contributed by atoms with Gasteiger partial charge in [-0.3, -0.25) is 0 Å². The molecular weight excluding hydrogens is 268 g/mol. The Bertz CT molecular complexity index is 558. The lowest BCUT2D eigenvalue weighted by Gasteiger charge is -2.23. The second kappa shape index (κ2) is 5.79. The van der Waals surface area contributed by atoms with Crippen LogP contribution >= 0.6 is 11.3 Å². The summed E-state index contributed by atoms with van der Waals surface area (Å²) in [5.74, 6) is 2.66. The van der Waals surface area contributed by atoms with Gasteiger partial charge in [0.25, 0.3) is 0 Å². The largest absolute Gasteiger partial charge is 0.373 e. The predicted octanol–water partition coefficient (Wildman–Crippen LogP) is 3.51. The monoisotopic (exact) mass is 290 g/mol. The molecule has 108 valence electrons. The molecule has 0 aliphatic carbocycles. The van der Waals surface area contributed by atoms with E-state index in [0.717, 1.165) is 24.0 Å². The molecule has 2 heterocycles. The quantitative estimate of drug-likeness (QED) is 0.935. The van der Waals surface area contributed by atoms with E-state index in [1.165, 1.54) is 5.56 Å². The maximum Gasteiger partial charge on any atom is 0.138 e. The molecule has 0 fully saturated rings. The van der Waals surface area contributed by atoms with Gasteiger partial charge in [-0.2, -0.15) is 11.3 Å². The number of nitrogens with one attached hydrogen (secondary N) is 1. The van der Waals surface area contributed by atoms with E-state index in [4.69, 9.17) is 4.98 Å². The van der Waals surface area contributed by atoms with E-state index < -0.39 is 0 Å². The number of aromatic nitrogens is 2. The first-order valence-corrected chi connectivity index (χ1v) is 7.64. The Morgan fingerprint density at radius 1 is 1.30 bits per heavy atom. The lowest BCUT2D eigenvalue weighted by atomic mass is 9.96. The molecular formula is C15H22N4S. The molecule has 0 saturated heterocycles. The van der Waals surface area contributed by atoms with Gasteiger partial charge in [0, 0.05) is 32.1 Å². The third-order valence-electron chi connectivity index (χ3n) is 3.03. The summed E-state index contributed by atoms with van der Waals surface area (Å²) in [6.45, 7) is 7.24. The van der Waals surface area contributed by atoms with E-state index in [2.05, 4.69) is 59.8 Å². The molecule has 0 aromatic carbocycles. The highest BCUT2D eigenvalue weighted by Crippen LogP contribution is 2.24. The van der Waals surface area contributed by atoms with E-state index >= 15 is 0 Å². The van der Waals surface area contributed by atoms with Gasteiger partial charge in [0.05, 0.1) is 0 Å². The fraction of sp³-hybridized carbons (Fsp3) is 0.467. The van der Waals surface area contributed by atoms with Crippen molar-refractivity contribution in [3.8, 4) is 0 Å². The van der Waals surface area contributed by atoms with Gasteiger partial charge < -0.3 is 10.2 Å². The van der Waals surface area contributed by atoms with Crippen molar-refractivity contribution in [2.24, 2.45) is 0 Å². The maximum absolute atomic E-state index is 4.71. The molecule has 0 aliphatic rings. The van der Waals surface area contributed by atoms with Gasteiger partial charge in [0.15, 0.2) is 0 Å². The first kappa shape index (κ1) is 14.8. The van der Waals surface area contributed by atoms with E-state index in [9.17, 15) is 0 Å². The molecule has 0 saturated carbocycles. The van der Waals surface area contributed by atoms with Crippen molar-refractivity contribution in [2.45, 2.75) is 32.7 Å². The van der Waals surface area contributed by atoms with Crippen LogP contribution in [0.1, 0.15) is 32.2 Å². The number of hydrogen-bond donors (Lipinski definition) is 1. The van der Waals surface area contributed by atoms with Crippen molar-refractivity contribution in [1.29, 1.82) is 0 Å². The average molecular weight is 290 g/mol. The molecule has 5 heteroatoms. The molecule has 20 heavy (non-hydrogen) atoms. The minimum atomic E-state index is -0.0647. The summed E-state index contributed by atoms with van der Waals surface area (Å²) in [5, 5.41) is 7.39. The summed E-state index contributed by atoms with van der Waals surface area (Å²) in [5.41, 5.74) is 1.24. The van der Waals surface area contributed by atoms with Crippen molar-refractivity contribution in [3.05, 3.63) is 34.3 Å². The van der Waals surface area contributed by atoms with E-state index in [-0.39, 0.29) is 5.41 Å². The second-order valence-electron chi connectivity index (χ2n) is 5.92. The molecule has 0 atom stereocenters. The SMILES string of the molecule is CNc1cc(N(C)Cc2ccsc2)nc(C(C)(C)C)n1. The standard InChI is InChI=1S/C15H22N4S/c1-15(2,3)14-17-12(16-4)8-13(18-14)19(5)9-11-6-7-20-10-11/h6-8,10H,9H2,1-5H3,(H,16,17,18). The molecule has 0 radical (unpaired) electrons. The van der Waals surface area contributed by atoms with Gasteiger partial charge in [0.2, 0.25) is 0 Å². The van der Waals surface area contributed by atoms with Gasteiger partial charge in [-0.25, -0.2) is 9.97 Å². The highest BCUT2D eigenvalue weighted by Gasteiger charge is 2.20. The van der Waals surface area contributed by atoms with E-state index in [1.807, 2.05) is 13.1 Å². The van der Waals surface area contributed by atoms with Gasteiger partial charge >= 0.3 is 0 Å². The van der Waals surface area contributed by atoms with Crippen LogP contribution in [-0.2, 0) is 12.0 Å². The fourth-order valence-electron chi connectivity index (χ4n) is 1.83. The Morgan fingerprint density at radius 2 is 2.05 bits per heavy atom. The highest BCUT2D eigenvalue weighted by atomic mass is 32.1. The summed E-state index contributed by atoms with van der Waals surface area (Å²) >= 11 is 1.72. The van der Waals surface area contributed by atoms with Crippen LogP contribution in [0.4, 0.5) is 11.6 Å². The van der Waals surface area contributed by atoms with Crippen LogP contribution in [0.25, 0.3) is 0 Å². The molecule has 2 aromatic heterocycles. The molecule has 4 nitrogen and oxygen atoms in total. The predicted molar refractivity (Wildman–Crippen MR) is 86.7 cm³/mol. The minimum absolute atomic E-state index is 0.0647. The van der Waals surface area contributed by atoms with Crippen molar-refractivity contribution in [2.75, 3.05) is 24.3 Å². The smallest absolute Gasteiger partial charge is 0.138 e. The van der Waals surface area contributed by atoms with Gasteiger partial charge in [-0.05, 0) is 22.4 Å². The van der Waals surface area contributed by atoms with Crippen LogP contribution in [0.2, 0.25) is 0 Å². The summed E-state index contributed by atoms with van der Waals surface area (Å²) in [6.07, 6.45) is 0. The Balaban J connectivity index is 2.30. The number of hydrogen-bond acceptors (Lipinski definition) is 5. The number of rotatable bonds is 4. The van der Waals surface area contributed by atoms with Crippen LogP contribution in [0.15, 0.2) is 22.9 Å². The third-order valence-corrected chi connectivity index (χ3v) is 3.76. The zero-order valence-electron chi connectivity index (χ0n) is 12.8. The van der Waals surface area contributed by atoms with Crippen LogP contribution in [0, 0.1) is 0 Å². The lowest BCUT2D eigenvalue weighted by Crippen LogP contribution is -2.22. The molecule has 1 N–H and O–H groups in total. The van der Waals surface area contributed by atoms with Crippen LogP contribution in [-0.4, -0.2) is 24.1 Å². The van der Waals surface area contributed by atoms with E-state index in [1.54, 1.807) is 11.3 Å². The summed E-state index contributed by atoms with van der Waals surface area (Å²) in [4.78, 5) is 11.4. The zero-order chi connectivity index (χ0) is 14.8. The minimum Gasteiger partial charge on any atom is -0.373 e. The number of thiophene rings is 1. The molecule has 0 bridgehead atoms. The average Bonchev–Trinajstić information content (AvgIpc) is 2.90. The molecule has 0 spiro atoms. The number of nitrogens with zero attached hydrogens (tertiary/aromatic N) is 3. The lowest BCUT2D eigenvalue weighted by molar-refractivity contribution is 0.545. The second-order valence-corrected chi connectivity index (χ2v) is 6.70. The van der Waals surface area contributed by atoms with E-state index in [0.29, 0.717) is 0 Å². The van der Waals surface area contributed by atoms with Crippen molar-refractivity contribution in [3.63, 3.8) is 0 Å². The Morgan fingerprint density at radius 3 is 2.60 bits per heavy atom. The van der Waals surface area contributed by atoms with Crippen LogP contribution in [0.5, 0.6) is 0 Å². The first-order valence-electron chi connectivity index (χ1n) is 6.69.